The lowest BCUT2D eigenvalue weighted by Crippen LogP contribution is -2.35. The number of nitrogens with two attached hydrogens (primary N) is 1. The van der Waals surface area contributed by atoms with Gasteiger partial charge in [-0.2, -0.15) is 0 Å². The number of hydrogen-bond acceptors (Lipinski definition) is 5. The maximum Gasteiger partial charge on any atom is 0.165 e. The van der Waals surface area contributed by atoms with Gasteiger partial charge in [0, 0.05) is 37.1 Å². The van der Waals surface area contributed by atoms with Crippen molar-refractivity contribution in [2.45, 2.75) is 38.4 Å². The average Bonchev–Trinajstić information content (AvgIpc) is 3.04. The Kier molecular flexibility index (Phi) is 10.5. The third-order valence-electron chi connectivity index (χ3n) is 4.62. The van der Waals surface area contributed by atoms with Gasteiger partial charge in [-0.25, -0.2) is 4.98 Å². The Labute approximate surface area is 173 Å². The van der Waals surface area contributed by atoms with Crippen LogP contribution < -0.4 is 15.2 Å². The van der Waals surface area contributed by atoms with Crippen molar-refractivity contribution in [2.24, 2.45) is 5.73 Å². The van der Waals surface area contributed by atoms with E-state index < -0.39 is 0 Å². The Balaban J connectivity index is 0.00000182. The Hall–Kier alpha value is -1.47. The molecule has 1 aromatic heterocycles. The Morgan fingerprint density at radius 2 is 2.11 bits per heavy atom. The molecule has 2 N–H and O–H groups in total. The van der Waals surface area contributed by atoms with Crippen LogP contribution in [0, 0.1) is 0 Å². The van der Waals surface area contributed by atoms with Gasteiger partial charge in [0.2, 0.25) is 0 Å². The first-order valence-electron chi connectivity index (χ1n) is 8.98. The van der Waals surface area contributed by atoms with E-state index in [4.69, 9.17) is 15.2 Å². The van der Waals surface area contributed by atoms with Crippen molar-refractivity contribution >= 4 is 24.8 Å². The highest BCUT2D eigenvalue weighted by atomic mass is 35.5. The standard InChI is InChI=1S/C19H28N4O2.2ClH/c1-24-18-7-4-5-16(13-23-9-3-2-6-17(20)14-23)19(18)25-12-11-22-10-8-21-15-22;;/h4-5,7-8,10,15,17H,2-3,6,9,11-14,20H2,1H3;2*1H. The third kappa shape index (κ3) is 6.88. The monoisotopic (exact) mass is 416 g/mol. The number of benzene rings is 1. The minimum Gasteiger partial charge on any atom is -0.493 e. The fraction of sp³-hybridized carbons (Fsp3) is 0.526. The predicted octanol–water partition coefficient (Wildman–Crippen LogP) is 3.13. The lowest BCUT2D eigenvalue weighted by molar-refractivity contribution is 0.246. The molecule has 8 heteroatoms. The maximum atomic E-state index is 6.20. The highest BCUT2D eigenvalue weighted by Gasteiger charge is 2.18. The summed E-state index contributed by atoms with van der Waals surface area (Å²) in [6, 6.07) is 6.35. The second kappa shape index (κ2) is 12.1. The van der Waals surface area contributed by atoms with E-state index in [1.807, 2.05) is 22.9 Å². The van der Waals surface area contributed by atoms with E-state index in [-0.39, 0.29) is 30.9 Å². The Morgan fingerprint density at radius 3 is 2.85 bits per heavy atom. The van der Waals surface area contributed by atoms with Gasteiger partial charge in [-0.3, -0.25) is 4.90 Å². The fourth-order valence-electron chi connectivity index (χ4n) is 3.32. The van der Waals surface area contributed by atoms with Crippen LogP contribution in [0.2, 0.25) is 0 Å². The first kappa shape index (κ1) is 23.6. The number of nitrogens with zero attached hydrogens (tertiary/aromatic N) is 3. The molecule has 1 aliphatic rings. The molecule has 1 atom stereocenters. The number of aromatic nitrogens is 2. The molecule has 6 nitrogen and oxygen atoms in total. The molecule has 152 valence electrons. The van der Waals surface area contributed by atoms with Crippen LogP contribution in [0.5, 0.6) is 11.5 Å². The van der Waals surface area contributed by atoms with E-state index in [2.05, 4.69) is 16.0 Å². The first-order chi connectivity index (χ1) is 12.3. The molecule has 0 spiro atoms. The lowest BCUT2D eigenvalue weighted by atomic mass is 10.1. The minimum absolute atomic E-state index is 0. The molecule has 27 heavy (non-hydrogen) atoms. The topological polar surface area (TPSA) is 65.5 Å². The first-order valence-corrected chi connectivity index (χ1v) is 8.98. The number of para-hydroxylation sites is 1. The van der Waals surface area contributed by atoms with Crippen molar-refractivity contribution in [1.29, 1.82) is 0 Å². The second-order valence-electron chi connectivity index (χ2n) is 6.59. The number of halogens is 2. The highest BCUT2D eigenvalue weighted by Crippen LogP contribution is 2.32. The average molecular weight is 417 g/mol. The zero-order valence-electron chi connectivity index (χ0n) is 15.8. The highest BCUT2D eigenvalue weighted by molar-refractivity contribution is 5.85. The fourth-order valence-corrected chi connectivity index (χ4v) is 3.32. The van der Waals surface area contributed by atoms with Crippen molar-refractivity contribution in [3.63, 3.8) is 0 Å². The van der Waals surface area contributed by atoms with Gasteiger partial charge in [-0.1, -0.05) is 18.6 Å². The number of hydrogen-bond donors (Lipinski definition) is 1. The molecule has 1 saturated heterocycles. The summed E-state index contributed by atoms with van der Waals surface area (Å²) in [7, 11) is 1.68. The summed E-state index contributed by atoms with van der Waals surface area (Å²) in [6.45, 7) is 4.19. The quantitative estimate of drug-likeness (QED) is 0.750. The molecular formula is C19H30Cl2N4O2. The van der Waals surface area contributed by atoms with Gasteiger partial charge < -0.3 is 19.8 Å². The smallest absolute Gasteiger partial charge is 0.165 e. The molecule has 2 heterocycles. The van der Waals surface area contributed by atoms with Crippen LogP contribution in [0.3, 0.4) is 0 Å². The Bertz CT molecular complexity index is 655. The molecule has 2 aromatic rings. The van der Waals surface area contributed by atoms with Crippen molar-refractivity contribution in [3.05, 3.63) is 42.5 Å². The normalized spacial score (nSPS) is 17.3. The van der Waals surface area contributed by atoms with Crippen LogP contribution in [0.25, 0.3) is 0 Å². The van der Waals surface area contributed by atoms with Gasteiger partial charge in [-0.15, -0.1) is 24.8 Å². The van der Waals surface area contributed by atoms with E-state index in [1.165, 1.54) is 12.8 Å². The molecule has 3 rings (SSSR count). The second-order valence-corrected chi connectivity index (χ2v) is 6.59. The summed E-state index contributed by atoms with van der Waals surface area (Å²) in [5.74, 6) is 1.62. The van der Waals surface area contributed by atoms with Gasteiger partial charge in [-0.05, 0) is 25.5 Å². The van der Waals surface area contributed by atoms with Gasteiger partial charge in [0.25, 0.3) is 0 Å². The molecule has 0 saturated carbocycles. The van der Waals surface area contributed by atoms with E-state index in [1.54, 1.807) is 19.6 Å². The largest absolute Gasteiger partial charge is 0.493 e. The minimum atomic E-state index is 0. The number of methoxy groups -OCH3 is 1. The Morgan fingerprint density at radius 1 is 1.26 bits per heavy atom. The molecule has 0 radical (unpaired) electrons. The maximum absolute atomic E-state index is 6.20. The van der Waals surface area contributed by atoms with E-state index >= 15 is 0 Å². The molecule has 0 amide bonds. The predicted molar refractivity (Wildman–Crippen MR) is 112 cm³/mol. The van der Waals surface area contributed by atoms with E-state index in [0.717, 1.165) is 49.7 Å². The van der Waals surface area contributed by atoms with Crippen LogP contribution in [-0.4, -0.2) is 47.3 Å². The van der Waals surface area contributed by atoms with Crippen molar-refractivity contribution in [2.75, 3.05) is 26.8 Å². The molecule has 1 aliphatic heterocycles. The van der Waals surface area contributed by atoms with Crippen molar-refractivity contribution < 1.29 is 9.47 Å². The van der Waals surface area contributed by atoms with Crippen LogP contribution in [-0.2, 0) is 13.1 Å². The zero-order chi connectivity index (χ0) is 17.5. The van der Waals surface area contributed by atoms with Crippen LogP contribution in [0.4, 0.5) is 0 Å². The van der Waals surface area contributed by atoms with Crippen molar-refractivity contribution in [1.82, 2.24) is 14.5 Å². The molecule has 0 aliphatic carbocycles. The van der Waals surface area contributed by atoms with Crippen LogP contribution in [0.15, 0.2) is 36.9 Å². The van der Waals surface area contributed by atoms with E-state index in [0.29, 0.717) is 6.61 Å². The van der Waals surface area contributed by atoms with Gasteiger partial charge >= 0.3 is 0 Å². The lowest BCUT2D eigenvalue weighted by Gasteiger charge is -2.24. The van der Waals surface area contributed by atoms with Gasteiger partial charge in [0.05, 0.1) is 20.0 Å². The zero-order valence-corrected chi connectivity index (χ0v) is 17.4. The summed E-state index contributed by atoms with van der Waals surface area (Å²) < 4.78 is 13.6. The van der Waals surface area contributed by atoms with Gasteiger partial charge in [0.15, 0.2) is 11.5 Å². The molecule has 1 fully saturated rings. The van der Waals surface area contributed by atoms with E-state index in [9.17, 15) is 0 Å². The van der Waals surface area contributed by atoms with Gasteiger partial charge in [0.1, 0.15) is 6.61 Å². The number of likely N-dealkylation sites (tertiary alicyclic amines) is 1. The molecule has 0 bridgehead atoms. The van der Waals surface area contributed by atoms with Crippen LogP contribution in [0.1, 0.15) is 24.8 Å². The summed E-state index contributed by atoms with van der Waals surface area (Å²) in [5.41, 5.74) is 7.35. The molecule has 1 aromatic carbocycles. The summed E-state index contributed by atoms with van der Waals surface area (Å²) >= 11 is 0. The number of rotatable bonds is 7. The number of ether oxygens (including phenoxy) is 2. The molecule has 1 unspecified atom stereocenters. The summed E-state index contributed by atoms with van der Waals surface area (Å²) in [4.78, 5) is 6.48. The third-order valence-corrected chi connectivity index (χ3v) is 4.62. The summed E-state index contributed by atoms with van der Waals surface area (Å²) in [5, 5.41) is 0. The SMILES string of the molecule is COc1cccc(CN2CCCCC(N)C2)c1OCCn1ccnc1.Cl.Cl. The van der Waals surface area contributed by atoms with Crippen molar-refractivity contribution in [3.8, 4) is 11.5 Å². The molecular weight excluding hydrogens is 387 g/mol. The van der Waals surface area contributed by atoms with Crippen LogP contribution >= 0.6 is 24.8 Å². The number of imidazole rings is 1. The summed E-state index contributed by atoms with van der Waals surface area (Å²) in [6.07, 6.45) is 9.04.